The molecule has 29 heavy (non-hydrogen) atoms. The lowest BCUT2D eigenvalue weighted by Gasteiger charge is -2.31. The van der Waals surface area contributed by atoms with Crippen LogP contribution in [0.1, 0.15) is 37.8 Å². The average Bonchev–Trinajstić information content (AvgIpc) is 2.68. The minimum atomic E-state index is -4.87. The van der Waals surface area contributed by atoms with E-state index < -0.39 is 18.1 Å². The molecular formula is C22H21BrF3NO2. The van der Waals surface area contributed by atoms with Gasteiger partial charge in [-0.15, -0.1) is 0 Å². The third kappa shape index (κ3) is 4.50. The molecule has 7 heteroatoms. The zero-order valence-electron chi connectivity index (χ0n) is 16.1. The van der Waals surface area contributed by atoms with Crippen molar-refractivity contribution >= 4 is 27.4 Å². The minimum absolute atomic E-state index is 0.00323. The summed E-state index contributed by atoms with van der Waals surface area (Å²) in [5.41, 5.74) is 2.64. The van der Waals surface area contributed by atoms with E-state index in [1.165, 1.54) is 0 Å². The van der Waals surface area contributed by atoms with Crippen molar-refractivity contribution in [1.82, 2.24) is 4.90 Å². The fourth-order valence-corrected chi connectivity index (χ4v) is 3.90. The van der Waals surface area contributed by atoms with Crippen molar-refractivity contribution in [1.29, 1.82) is 0 Å². The molecule has 0 aliphatic carbocycles. The first-order valence-corrected chi connectivity index (χ1v) is 10.2. The summed E-state index contributed by atoms with van der Waals surface area (Å²) in [5, 5.41) is 0. The predicted octanol–water partition coefficient (Wildman–Crippen LogP) is 6.57. The van der Waals surface area contributed by atoms with Crippen LogP contribution in [0.15, 0.2) is 53.0 Å². The van der Waals surface area contributed by atoms with E-state index >= 15 is 0 Å². The molecule has 3 nitrogen and oxygen atoms in total. The second-order valence-corrected chi connectivity index (χ2v) is 7.66. The Morgan fingerprint density at radius 2 is 1.83 bits per heavy atom. The second kappa shape index (κ2) is 8.61. The van der Waals surface area contributed by atoms with E-state index in [0.29, 0.717) is 24.3 Å². The van der Waals surface area contributed by atoms with Crippen LogP contribution in [-0.2, 0) is 4.79 Å². The van der Waals surface area contributed by atoms with Crippen LogP contribution in [0.5, 0.6) is 11.5 Å². The Kier molecular flexibility index (Phi) is 6.36. The largest absolute Gasteiger partial charge is 0.471 e. The number of fused-ring (bicyclic) bond motifs is 2. The number of carbonyl (C=O) groups excluding carboxylic acids is 1. The molecular weight excluding hydrogens is 447 g/mol. The lowest BCUT2D eigenvalue weighted by molar-refractivity contribution is -0.187. The van der Waals surface area contributed by atoms with Crippen molar-refractivity contribution in [2.24, 2.45) is 0 Å². The van der Waals surface area contributed by atoms with Gasteiger partial charge < -0.3 is 9.64 Å². The first kappa shape index (κ1) is 21.4. The summed E-state index contributed by atoms with van der Waals surface area (Å²) in [4.78, 5) is 12.7. The standard InChI is InChI=1S/C22H21BrF3NO2/c1-3-15(27(4-2)21(28)22(24,25)26)10-12-16-17-7-5-6-8-19(17)29-20-13-14(23)9-11-18(16)20/h5-9,11-13,15H,3-4,10H2,1-2H3/b16-12-. The summed E-state index contributed by atoms with van der Waals surface area (Å²) in [5.74, 6) is -0.422. The third-order valence-electron chi connectivity index (χ3n) is 4.98. The summed E-state index contributed by atoms with van der Waals surface area (Å²) in [6.07, 6.45) is -2.23. The fraction of sp³-hybridized carbons (Fsp3) is 0.318. The SMILES string of the molecule is CCC(C/C=C1/c2ccccc2Oc2cc(Br)ccc21)N(CC)C(=O)C(F)(F)F. The van der Waals surface area contributed by atoms with Crippen molar-refractivity contribution in [3.63, 3.8) is 0 Å². The normalized spacial score (nSPS) is 15.3. The number of halogens is 4. The molecule has 0 aromatic heterocycles. The maximum atomic E-state index is 13.0. The summed E-state index contributed by atoms with van der Waals surface area (Å²) in [6, 6.07) is 12.7. The predicted molar refractivity (Wildman–Crippen MR) is 110 cm³/mol. The van der Waals surface area contributed by atoms with Gasteiger partial charge in [0.1, 0.15) is 11.5 Å². The van der Waals surface area contributed by atoms with Crippen molar-refractivity contribution in [3.8, 4) is 11.5 Å². The molecule has 0 saturated heterocycles. The van der Waals surface area contributed by atoms with Gasteiger partial charge in [0.15, 0.2) is 0 Å². The van der Waals surface area contributed by atoms with Crippen molar-refractivity contribution < 1.29 is 22.7 Å². The van der Waals surface area contributed by atoms with Crippen molar-refractivity contribution in [3.05, 3.63) is 64.1 Å². The number of para-hydroxylation sites is 1. The topological polar surface area (TPSA) is 29.5 Å². The van der Waals surface area contributed by atoms with Gasteiger partial charge in [-0.1, -0.05) is 47.1 Å². The number of alkyl halides is 3. The number of hydrogen-bond acceptors (Lipinski definition) is 2. The van der Waals surface area contributed by atoms with Gasteiger partial charge in [-0.25, -0.2) is 0 Å². The van der Waals surface area contributed by atoms with Gasteiger partial charge in [0, 0.05) is 28.2 Å². The van der Waals surface area contributed by atoms with E-state index in [2.05, 4.69) is 15.9 Å². The van der Waals surface area contributed by atoms with Crippen LogP contribution in [0, 0.1) is 0 Å². The van der Waals surface area contributed by atoms with E-state index in [0.717, 1.165) is 26.1 Å². The third-order valence-corrected chi connectivity index (χ3v) is 5.47. The number of nitrogens with zero attached hydrogens (tertiary/aromatic N) is 1. The van der Waals surface area contributed by atoms with Crippen LogP contribution in [0.3, 0.4) is 0 Å². The van der Waals surface area contributed by atoms with E-state index in [-0.39, 0.29) is 6.54 Å². The molecule has 1 amide bonds. The Balaban J connectivity index is 1.98. The Labute approximate surface area is 176 Å². The molecule has 2 aromatic rings. The van der Waals surface area contributed by atoms with Crippen molar-refractivity contribution in [2.75, 3.05) is 6.54 Å². The lowest BCUT2D eigenvalue weighted by Crippen LogP contribution is -2.46. The van der Waals surface area contributed by atoms with Gasteiger partial charge in [0.05, 0.1) is 0 Å². The van der Waals surface area contributed by atoms with Crippen LogP contribution < -0.4 is 4.74 Å². The first-order chi connectivity index (χ1) is 13.8. The number of carbonyl (C=O) groups is 1. The van der Waals surface area contributed by atoms with Gasteiger partial charge in [-0.2, -0.15) is 13.2 Å². The molecule has 0 radical (unpaired) electrons. The van der Waals surface area contributed by atoms with Gasteiger partial charge in [-0.05, 0) is 49.6 Å². The average molecular weight is 468 g/mol. The maximum Gasteiger partial charge on any atom is 0.471 e. The highest BCUT2D eigenvalue weighted by Gasteiger charge is 2.43. The monoisotopic (exact) mass is 467 g/mol. The fourth-order valence-electron chi connectivity index (χ4n) is 3.56. The molecule has 0 spiro atoms. The molecule has 1 atom stereocenters. The van der Waals surface area contributed by atoms with Gasteiger partial charge >= 0.3 is 12.1 Å². The summed E-state index contributed by atoms with van der Waals surface area (Å²) < 4.78 is 45.8. The lowest BCUT2D eigenvalue weighted by atomic mass is 9.92. The smallest absolute Gasteiger partial charge is 0.456 e. The molecule has 0 bridgehead atoms. The number of amides is 1. The Morgan fingerprint density at radius 3 is 2.48 bits per heavy atom. The highest BCUT2D eigenvalue weighted by Crippen LogP contribution is 2.44. The molecule has 1 unspecified atom stereocenters. The van der Waals surface area contributed by atoms with Crippen LogP contribution in [0.25, 0.3) is 5.57 Å². The Bertz CT molecular complexity index is 940. The van der Waals surface area contributed by atoms with Crippen LogP contribution in [0.2, 0.25) is 0 Å². The highest BCUT2D eigenvalue weighted by molar-refractivity contribution is 9.10. The number of ether oxygens (including phenoxy) is 1. The van der Waals surface area contributed by atoms with Crippen molar-refractivity contribution in [2.45, 2.75) is 38.9 Å². The molecule has 154 valence electrons. The Morgan fingerprint density at radius 1 is 1.14 bits per heavy atom. The zero-order chi connectivity index (χ0) is 21.2. The molecule has 1 heterocycles. The van der Waals surface area contributed by atoms with Crippen LogP contribution >= 0.6 is 15.9 Å². The van der Waals surface area contributed by atoms with Crippen LogP contribution in [-0.4, -0.2) is 29.6 Å². The molecule has 1 aliphatic rings. The minimum Gasteiger partial charge on any atom is -0.456 e. The number of benzene rings is 2. The quantitative estimate of drug-likeness (QED) is 0.424. The summed E-state index contributed by atoms with van der Waals surface area (Å²) >= 11 is 3.44. The zero-order valence-corrected chi connectivity index (χ0v) is 17.7. The van der Waals surface area contributed by atoms with Crippen LogP contribution in [0.4, 0.5) is 13.2 Å². The molecule has 1 aliphatic heterocycles. The summed E-state index contributed by atoms with van der Waals surface area (Å²) in [6.45, 7) is 3.36. The molecule has 2 aromatic carbocycles. The summed E-state index contributed by atoms with van der Waals surface area (Å²) in [7, 11) is 0. The molecule has 0 N–H and O–H groups in total. The van der Waals surface area contributed by atoms with E-state index in [1.54, 1.807) is 13.8 Å². The maximum absolute atomic E-state index is 13.0. The first-order valence-electron chi connectivity index (χ1n) is 9.41. The van der Waals surface area contributed by atoms with E-state index in [1.807, 2.05) is 48.5 Å². The van der Waals surface area contributed by atoms with Gasteiger partial charge in [0.2, 0.25) is 0 Å². The van der Waals surface area contributed by atoms with E-state index in [9.17, 15) is 18.0 Å². The highest BCUT2D eigenvalue weighted by atomic mass is 79.9. The number of rotatable bonds is 5. The van der Waals surface area contributed by atoms with Gasteiger partial charge in [-0.3, -0.25) is 4.79 Å². The molecule has 0 saturated carbocycles. The van der Waals surface area contributed by atoms with Gasteiger partial charge in [0.25, 0.3) is 0 Å². The second-order valence-electron chi connectivity index (χ2n) is 6.74. The molecule has 0 fully saturated rings. The number of hydrogen-bond donors (Lipinski definition) is 0. The van der Waals surface area contributed by atoms with E-state index in [4.69, 9.17) is 4.74 Å². The molecule has 3 rings (SSSR count). The Hall–Kier alpha value is -2.28.